The van der Waals surface area contributed by atoms with E-state index < -0.39 is 0 Å². The molecule has 7 heteroatoms. The molecule has 1 amide bonds. The highest BCUT2D eigenvalue weighted by molar-refractivity contribution is 7.11. The first kappa shape index (κ1) is 15.9. The Bertz CT molecular complexity index is 699. The van der Waals surface area contributed by atoms with E-state index in [-0.39, 0.29) is 12.5 Å². The van der Waals surface area contributed by atoms with Gasteiger partial charge in [0, 0.05) is 37.0 Å². The number of amides is 1. The molecule has 1 aliphatic rings. The second-order valence-corrected chi connectivity index (χ2v) is 6.69. The Morgan fingerprint density at radius 1 is 1.48 bits per heavy atom. The SMILES string of the molecule is Cn1cnnc1C1CCN(C(=O)C=Cc2cc(CO)cs2)CC1. The van der Waals surface area contributed by atoms with Gasteiger partial charge in [-0.25, -0.2) is 0 Å². The number of aryl methyl sites for hydroxylation is 1. The van der Waals surface area contributed by atoms with Crippen LogP contribution >= 0.6 is 11.3 Å². The number of thiophene rings is 1. The number of piperidine rings is 1. The van der Waals surface area contributed by atoms with Crippen molar-refractivity contribution < 1.29 is 9.90 Å². The van der Waals surface area contributed by atoms with Crippen LogP contribution in [0.2, 0.25) is 0 Å². The number of aromatic nitrogens is 3. The van der Waals surface area contributed by atoms with Crippen molar-refractivity contribution in [1.82, 2.24) is 19.7 Å². The molecule has 122 valence electrons. The zero-order valence-corrected chi connectivity index (χ0v) is 13.9. The first-order chi connectivity index (χ1) is 11.2. The molecule has 6 nitrogen and oxygen atoms in total. The largest absolute Gasteiger partial charge is 0.392 e. The lowest BCUT2D eigenvalue weighted by Gasteiger charge is -2.30. The number of aliphatic hydroxyl groups excluding tert-OH is 1. The van der Waals surface area contributed by atoms with Crippen molar-refractivity contribution in [1.29, 1.82) is 0 Å². The molecule has 0 unspecified atom stereocenters. The van der Waals surface area contributed by atoms with Gasteiger partial charge in [0.2, 0.25) is 5.91 Å². The summed E-state index contributed by atoms with van der Waals surface area (Å²) in [7, 11) is 1.96. The summed E-state index contributed by atoms with van der Waals surface area (Å²) in [4.78, 5) is 15.1. The second-order valence-electron chi connectivity index (χ2n) is 5.75. The zero-order valence-electron chi connectivity index (χ0n) is 13.1. The summed E-state index contributed by atoms with van der Waals surface area (Å²) in [5, 5.41) is 19.1. The number of rotatable bonds is 4. The monoisotopic (exact) mass is 332 g/mol. The molecule has 2 aromatic heterocycles. The van der Waals surface area contributed by atoms with Crippen LogP contribution < -0.4 is 0 Å². The average molecular weight is 332 g/mol. The lowest BCUT2D eigenvalue weighted by atomic mass is 9.96. The van der Waals surface area contributed by atoms with Crippen LogP contribution in [0.25, 0.3) is 6.08 Å². The van der Waals surface area contributed by atoms with Crippen LogP contribution in [-0.4, -0.2) is 43.8 Å². The van der Waals surface area contributed by atoms with Crippen LogP contribution in [0, 0.1) is 0 Å². The van der Waals surface area contributed by atoms with Gasteiger partial charge in [-0.15, -0.1) is 21.5 Å². The highest BCUT2D eigenvalue weighted by Gasteiger charge is 2.25. The van der Waals surface area contributed by atoms with Crippen LogP contribution in [0.5, 0.6) is 0 Å². The van der Waals surface area contributed by atoms with Gasteiger partial charge < -0.3 is 14.6 Å². The fraction of sp³-hybridized carbons (Fsp3) is 0.438. The molecule has 0 bridgehead atoms. The predicted octanol–water partition coefficient (Wildman–Crippen LogP) is 1.79. The predicted molar refractivity (Wildman–Crippen MR) is 88.8 cm³/mol. The van der Waals surface area contributed by atoms with Crippen molar-refractivity contribution in [2.75, 3.05) is 13.1 Å². The number of aliphatic hydroxyl groups is 1. The molecule has 1 aliphatic heterocycles. The topological polar surface area (TPSA) is 71.2 Å². The van der Waals surface area contributed by atoms with Crippen molar-refractivity contribution in [2.45, 2.75) is 25.4 Å². The quantitative estimate of drug-likeness (QED) is 0.867. The van der Waals surface area contributed by atoms with Crippen LogP contribution in [0.4, 0.5) is 0 Å². The summed E-state index contributed by atoms with van der Waals surface area (Å²) < 4.78 is 1.96. The summed E-state index contributed by atoms with van der Waals surface area (Å²) in [6, 6.07) is 1.90. The molecule has 0 radical (unpaired) electrons. The van der Waals surface area contributed by atoms with Gasteiger partial charge in [-0.2, -0.15) is 0 Å². The third kappa shape index (κ3) is 3.68. The number of hydrogen-bond donors (Lipinski definition) is 1. The molecule has 0 saturated carbocycles. The summed E-state index contributed by atoms with van der Waals surface area (Å²) >= 11 is 1.53. The van der Waals surface area contributed by atoms with Gasteiger partial charge in [0.25, 0.3) is 0 Å². The Hall–Kier alpha value is -1.99. The van der Waals surface area contributed by atoms with Crippen molar-refractivity contribution in [3.8, 4) is 0 Å². The second kappa shape index (κ2) is 7.06. The summed E-state index contributed by atoms with van der Waals surface area (Å²) in [6.07, 6.45) is 6.99. The van der Waals surface area contributed by atoms with E-state index >= 15 is 0 Å². The molecular weight excluding hydrogens is 312 g/mol. The van der Waals surface area contributed by atoms with Crippen LogP contribution in [0.1, 0.15) is 35.0 Å². The third-order valence-electron chi connectivity index (χ3n) is 4.16. The van der Waals surface area contributed by atoms with Crippen LogP contribution in [0.15, 0.2) is 23.8 Å². The first-order valence-electron chi connectivity index (χ1n) is 7.66. The molecular formula is C16H20N4O2S. The van der Waals surface area contributed by atoms with E-state index in [0.717, 1.165) is 42.2 Å². The third-order valence-corrected chi connectivity index (χ3v) is 5.11. The smallest absolute Gasteiger partial charge is 0.246 e. The van der Waals surface area contributed by atoms with E-state index in [0.29, 0.717) is 5.92 Å². The van der Waals surface area contributed by atoms with E-state index in [1.54, 1.807) is 12.4 Å². The maximum absolute atomic E-state index is 12.3. The van der Waals surface area contributed by atoms with E-state index in [1.165, 1.54) is 11.3 Å². The molecule has 0 aromatic carbocycles. The lowest BCUT2D eigenvalue weighted by Crippen LogP contribution is -2.37. The Labute approximate surface area is 139 Å². The molecule has 0 spiro atoms. The number of carbonyl (C=O) groups excluding carboxylic acids is 1. The number of nitrogens with zero attached hydrogens (tertiary/aromatic N) is 4. The maximum atomic E-state index is 12.3. The molecule has 23 heavy (non-hydrogen) atoms. The molecule has 1 saturated heterocycles. The average Bonchev–Trinajstić information content (AvgIpc) is 3.21. The van der Waals surface area contributed by atoms with Crippen LogP contribution in [0.3, 0.4) is 0 Å². The highest BCUT2D eigenvalue weighted by Crippen LogP contribution is 2.26. The van der Waals surface area contributed by atoms with Gasteiger partial charge in [0.15, 0.2) is 0 Å². The van der Waals surface area contributed by atoms with E-state index in [1.807, 2.05) is 34.0 Å². The Balaban J connectivity index is 1.55. The molecule has 1 fully saturated rings. The van der Waals surface area contributed by atoms with Crippen molar-refractivity contribution in [2.24, 2.45) is 7.05 Å². The fourth-order valence-electron chi connectivity index (χ4n) is 2.84. The van der Waals surface area contributed by atoms with E-state index in [9.17, 15) is 4.79 Å². The minimum absolute atomic E-state index is 0.0356. The number of carbonyl (C=O) groups is 1. The standard InChI is InChI=1S/C16H20N4O2S/c1-19-11-17-18-16(19)13-4-6-20(7-5-13)15(22)3-2-14-8-12(9-21)10-23-14/h2-3,8,10-11,13,21H,4-7,9H2,1H3. The van der Waals surface area contributed by atoms with Gasteiger partial charge in [-0.3, -0.25) is 4.79 Å². The Morgan fingerprint density at radius 3 is 2.87 bits per heavy atom. The van der Waals surface area contributed by atoms with Gasteiger partial charge >= 0.3 is 0 Å². The highest BCUT2D eigenvalue weighted by atomic mass is 32.1. The summed E-state index contributed by atoms with van der Waals surface area (Å²) in [6.45, 7) is 1.52. The molecule has 3 heterocycles. The molecule has 3 rings (SSSR count). The van der Waals surface area contributed by atoms with E-state index in [4.69, 9.17) is 5.11 Å². The lowest BCUT2D eigenvalue weighted by molar-refractivity contribution is -0.127. The number of likely N-dealkylation sites (tertiary alicyclic amines) is 1. The fourth-order valence-corrected chi connectivity index (χ4v) is 3.64. The first-order valence-corrected chi connectivity index (χ1v) is 8.54. The molecule has 1 N–H and O–H groups in total. The van der Waals surface area contributed by atoms with Gasteiger partial charge in [0.05, 0.1) is 6.61 Å². The number of hydrogen-bond acceptors (Lipinski definition) is 5. The van der Waals surface area contributed by atoms with Crippen molar-refractivity contribution >= 4 is 23.3 Å². The van der Waals surface area contributed by atoms with Crippen LogP contribution in [-0.2, 0) is 18.4 Å². The Morgan fingerprint density at radius 2 is 2.26 bits per heavy atom. The minimum atomic E-state index is 0.0356. The van der Waals surface area contributed by atoms with Gasteiger partial charge in [0.1, 0.15) is 12.2 Å². The minimum Gasteiger partial charge on any atom is -0.392 e. The Kier molecular flexibility index (Phi) is 4.88. The maximum Gasteiger partial charge on any atom is 0.246 e. The summed E-state index contributed by atoms with van der Waals surface area (Å²) in [5.41, 5.74) is 0.881. The van der Waals surface area contributed by atoms with Gasteiger partial charge in [-0.1, -0.05) is 0 Å². The van der Waals surface area contributed by atoms with Crippen molar-refractivity contribution in [3.05, 3.63) is 40.1 Å². The van der Waals surface area contributed by atoms with Gasteiger partial charge in [-0.05, 0) is 35.9 Å². The molecule has 0 aliphatic carbocycles. The molecule has 2 aromatic rings. The van der Waals surface area contributed by atoms with Crippen molar-refractivity contribution in [3.63, 3.8) is 0 Å². The summed E-state index contributed by atoms with van der Waals surface area (Å²) in [5.74, 6) is 1.42. The zero-order chi connectivity index (χ0) is 16.2. The molecule has 0 atom stereocenters. The normalized spacial score (nSPS) is 16.3. The van der Waals surface area contributed by atoms with E-state index in [2.05, 4.69) is 10.2 Å².